The summed E-state index contributed by atoms with van der Waals surface area (Å²) >= 11 is 0. The zero-order valence-corrected chi connectivity index (χ0v) is 15.0. The van der Waals surface area contributed by atoms with Crippen LogP contribution in [0, 0.1) is 0 Å². The molecule has 2 N–H and O–H groups in total. The Morgan fingerprint density at radius 2 is 1.27 bits per heavy atom. The number of anilines is 2. The van der Waals surface area contributed by atoms with Crippen LogP contribution in [0.25, 0.3) is 0 Å². The zero-order valence-electron chi connectivity index (χ0n) is 15.0. The third-order valence-electron chi connectivity index (χ3n) is 5.06. The third kappa shape index (κ3) is 3.52. The molecule has 0 spiro atoms. The van der Waals surface area contributed by atoms with E-state index in [4.69, 9.17) is 4.74 Å². The SMILES string of the molecule is COc1ccccc1N[C@@H]1Cc2ccccc2C[C@H]1Nc1ccccc1. The highest BCUT2D eigenvalue weighted by Gasteiger charge is 2.28. The van der Waals surface area contributed by atoms with E-state index in [9.17, 15) is 0 Å². The molecule has 0 unspecified atom stereocenters. The summed E-state index contributed by atoms with van der Waals surface area (Å²) in [5, 5.41) is 7.45. The van der Waals surface area contributed by atoms with Crippen LogP contribution >= 0.6 is 0 Å². The van der Waals surface area contributed by atoms with Gasteiger partial charge in [-0.25, -0.2) is 0 Å². The molecule has 3 aromatic rings. The highest BCUT2D eigenvalue weighted by Crippen LogP contribution is 2.30. The van der Waals surface area contributed by atoms with Crippen molar-refractivity contribution in [1.82, 2.24) is 0 Å². The minimum absolute atomic E-state index is 0.279. The van der Waals surface area contributed by atoms with Gasteiger partial charge in [0.05, 0.1) is 24.9 Å². The van der Waals surface area contributed by atoms with E-state index in [2.05, 4.69) is 65.2 Å². The van der Waals surface area contributed by atoms with Crippen molar-refractivity contribution in [2.45, 2.75) is 24.9 Å². The lowest BCUT2D eigenvalue weighted by molar-refractivity contribution is 0.415. The average molecular weight is 344 g/mol. The predicted octanol–water partition coefficient (Wildman–Crippen LogP) is 4.76. The molecule has 0 aliphatic heterocycles. The Kier molecular flexibility index (Phi) is 4.78. The number of rotatable bonds is 5. The van der Waals surface area contributed by atoms with E-state index in [1.165, 1.54) is 11.1 Å². The number of hydrogen-bond donors (Lipinski definition) is 2. The van der Waals surface area contributed by atoms with Crippen LogP contribution in [0.4, 0.5) is 11.4 Å². The van der Waals surface area contributed by atoms with Gasteiger partial charge in [0.15, 0.2) is 0 Å². The third-order valence-corrected chi connectivity index (χ3v) is 5.06. The van der Waals surface area contributed by atoms with Crippen molar-refractivity contribution in [1.29, 1.82) is 0 Å². The zero-order chi connectivity index (χ0) is 17.8. The molecule has 4 rings (SSSR count). The summed E-state index contributed by atoms with van der Waals surface area (Å²) in [6, 6.07) is 27.9. The van der Waals surface area contributed by atoms with Crippen LogP contribution in [0.15, 0.2) is 78.9 Å². The first-order chi connectivity index (χ1) is 12.8. The second-order valence-corrected chi connectivity index (χ2v) is 6.74. The number of hydrogen-bond acceptors (Lipinski definition) is 3. The van der Waals surface area contributed by atoms with E-state index in [1.807, 2.05) is 24.3 Å². The van der Waals surface area contributed by atoms with Gasteiger partial charge >= 0.3 is 0 Å². The van der Waals surface area contributed by atoms with Gasteiger partial charge in [-0.15, -0.1) is 0 Å². The molecule has 0 heterocycles. The van der Waals surface area contributed by atoms with E-state index in [0.717, 1.165) is 30.0 Å². The van der Waals surface area contributed by atoms with Crippen LogP contribution < -0.4 is 15.4 Å². The van der Waals surface area contributed by atoms with Gasteiger partial charge in [0.1, 0.15) is 5.75 Å². The summed E-state index contributed by atoms with van der Waals surface area (Å²) in [6.45, 7) is 0. The molecular weight excluding hydrogens is 320 g/mol. The largest absolute Gasteiger partial charge is 0.495 e. The maximum Gasteiger partial charge on any atom is 0.141 e. The van der Waals surface area contributed by atoms with Crippen molar-refractivity contribution in [3.05, 3.63) is 90.0 Å². The number of ether oxygens (including phenoxy) is 1. The van der Waals surface area contributed by atoms with E-state index < -0.39 is 0 Å². The summed E-state index contributed by atoms with van der Waals surface area (Å²) in [6.07, 6.45) is 1.98. The Morgan fingerprint density at radius 3 is 1.96 bits per heavy atom. The average Bonchev–Trinajstić information content (AvgIpc) is 2.69. The van der Waals surface area contributed by atoms with Crippen LogP contribution in [0.2, 0.25) is 0 Å². The van der Waals surface area contributed by atoms with Crippen LogP contribution in [0.1, 0.15) is 11.1 Å². The lowest BCUT2D eigenvalue weighted by atomic mass is 9.84. The van der Waals surface area contributed by atoms with E-state index >= 15 is 0 Å². The maximum absolute atomic E-state index is 5.53. The molecule has 3 nitrogen and oxygen atoms in total. The second-order valence-electron chi connectivity index (χ2n) is 6.74. The minimum atomic E-state index is 0.279. The quantitative estimate of drug-likeness (QED) is 0.700. The van der Waals surface area contributed by atoms with E-state index in [0.29, 0.717) is 6.04 Å². The molecule has 0 amide bonds. The van der Waals surface area contributed by atoms with Gasteiger partial charge in [-0.1, -0.05) is 54.6 Å². The van der Waals surface area contributed by atoms with Crippen LogP contribution in [-0.4, -0.2) is 19.2 Å². The standard InChI is InChI=1S/C23H24N2O/c1-26-23-14-8-7-13-20(23)25-22-16-18-10-6-5-9-17(18)15-21(22)24-19-11-3-2-4-12-19/h2-14,21-22,24-25H,15-16H2,1H3/t21-,22-/m1/s1. The fourth-order valence-corrected chi connectivity index (χ4v) is 3.73. The number of benzene rings is 3. The Bertz CT molecular complexity index is 863. The number of para-hydroxylation sites is 3. The molecular formula is C23H24N2O. The van der Waals surface area contributed by atoms with Gasteiger partial charge in [-0.3, -0.25) is 0 Å². The van der Waals surface area contributed by atoms with E-state index in [-0.39, 0.29) is 6.04 Å². The van der Waals surface area contributed by atoms with Gasteiger partial charge in [0.25, 0.3) is 0 Å². The highest BCUT2D eigenvalue weighted by molar-refractivity contribution is 5.58. The molecule has 0 fully saturated rings. The summed E-state index contributed by atoms with van der Waals surface area (Å²) in [4.78, 5) is 0. The van der Waals surface area contributed by atoms with Gasteiger partial charge in [0, 0.05) is 5.69 Å². The Labute approximate surface area is 155 Å². The van der Waals surface area contributed by atoms with Crippen LogP contribution in [0.5, 0.6) is 5.75 Å². The molecule has 3 heteroatoms. The van der Waals surface area contributed by atoms with Crippen molar-refractivity contribution < 1.29 is 4.74 Å². The molecule has 3 aromatic carbocycles. The van der Waals surface area contributed by atoms with Crippen molar-refractivity contribution in [2.24, 2.45) is 0 Å². The monoisotopic (exact) mass is 344 g/mol. The van der Waals surface area contributed by atoms with Crippen molar-refractivity contribution in [3.8, 4) is 5.75 Å². The lowest BCUT2D eigenvalue weighted by Gasteiger charge is -2.35. The molecule has 1 aliphatic rings. The summed E-state index contributed by atoms with van der Waals surface area (Å²) in [7, 11) is 1.72. The molecule has 0 bridgehead atoms. The maximum atomic E-state index is 5.53. The molecule has 0 saturated heterocycles. The number of fused-ring (bicyclic) bond motifs is 1. The molecule has 0 saturated carbocycles. The molecule has 2 atom stereocenters. The Hall–Kier alpha value is -2.94. The summed E-state index contributed by atoms with van der Waals surface area (Å²) in [5.74, 6) is 0.879. The number of nitrogens with one attached hydrogen (secondary N) is 2. The molecule has 26 heavy (non-hydrogen) atoms. The minimum Gasteiger partial charge on any atom is -0.495 e. The number of methoxy groups -OCH3 is 1. The van der Waals surface area contributed by atoms with Gasteiger partial charge in [-0.2, -0.15) is 0 Å². The topological polar surface area (TPSA) is 33.3 Å². The molecule has 0 aromatic heterocycles. The molecule has 132 valence electrons. The fourth-order valence-electron chi connectivity index (χ4n) is 3.73. The van der Waals surface area contributed by atoms with Gasteiger partial charge in [0.2, 0.25) is 0 Å². The van der Waals surface area contributed by atoms with Gasteiger partial charge < -0.3 is 15.4 Å². The van der Waals surface area contributed by atoms with Crippen molar-refractivity contribution >= 4 is 11.4 Å². The molecule has 1 aliphatic carbocycles. The van der Waals surface area contributed by atoms with Crippen LogP contribution in [-0.2, 0) is 12.8 Å². The van der Waals surface area contributed by atoms with Gasteiger partial charge in [-0.05, 0) is 48.2 Å². The Morgan fingerprint density at radius 1 is 0.692 bits per heavy atom. The fraction of sp³-hybridized carbons (Fsp3) is 0.217. The van der Waals surface area contributed by atoms with Crippen LogP contribution in [0.3, 0.4) is 0 Å². The normalized spacial score (nSPS) is 18.7. The first-order valence-corrected chi connectivity index (χ1v) is 9.11. The molecule has 0 radical (unpaired) electrons. The van der Waals surface area contributed by atoms with Crippen molar-refractivity contribution in [2.75, 3.05) is 17.7 Å². The van der Waals surface area contributed by atoms with Crippen molar-refractivity contribution in [3.63, 3.8) is 0 Å². The highest BCUT2D eigenvalue weighted by atomic mass is 16.5. The first-order valence-electron chi connectivity index (χ1n) is 9.11. The smallest absolute Gasteiger partial charge is 0.141 e. The Balaban J connectivity index is 1.62. The lowest BCUT2D eigenvalue weighted by Crippen LogP contribution is -2.45. The first kappa shape index (κ1) is 16.5. The van der Waals surface area contributed by atoms with E-state index in [1.54, 1.807) is 7.11 Å². The summed E-state index contributed by atoms with van der Waals surface area (Å²) in [5.41, 5.74) is 5.05. The second kappa shape index (κ2) is 7.52. The summed E-state index contributed by atoms with van der Waals surface area (Å²) < 4.78 is 5.53. The predicted molar refractivity (Wildman–Crippen MR) is 108 cm³/mol.